The van der Waals surface area contributed by atoms with Crippen molar-refractivity contribution >= 4 is 57.7 Å². The molecule has 0 fully saturated rings. The van der Waals surface area contributed by atoms with Gasteiger partial charge in [-0.15, -0.1) is 0 Å². The van der Waals surface area contributed by atoms with Crippen molar-refractivity contribution in [1.82, 2.24) is 9.78 Å². The van der Waals surface area contributed by atoms with Gasteiger partial charge in [-0.2, -0.15) is 9.78 Å². The lowest BCUT2D eigenvalue weighted by Gasteiger charge is -2.16. The largest absolute Gasteiger partial charge is 0.478 e. The smallest absolute Gasteiger partial charge is 0.335 e. The molecule has 3 heterocycles. The highest BCUT2D eigenvalue weighted by atomic mass is 16.5. The molecule has 6 aromatic carbocycles. The average Bonchev–Trinajstić information content (AvgIpc) is 3.64. The Bertz CT molecular complexity index is 3030. The molecule has 2 aliphatic heterocycles. The summed E-state index contributed by atoms with van der Waals surface area (Å²) < 4.78 is 7.27. The number of imide groups is 2. The normalized spacial score (nSPS) is 13.2. The molecule has 0 bridgehead atoms. The molecule has 7 aromatic rings. The third-order valence-corrected chi connectivity index (χ3v) is 9.88. The fourth-order valence-electron chi connectivity index (χ4n) is 7.02. The van der Waals surface area contributed by atoms with Crippen molar-refractivity contribution in [2.75, 3.05) is 9.80 Å². The van der Waals surface area contributed by atoms with Gasteiger partial charge in [-0.05, 0) is 115 Å². The Labute approximate surface area is 326 Å². The van der Waals surface area contributed by atoms with E-state index in [-0.39, 0.29) is 44.8 Å². The van der Waals surface area contributed by atoms with Gasteiger partial charge in [0.25, 0.3) is 29.2 Å². The summed E-state index contributed by atoms with van der Waals surface area (Å²) in [6.07, 6.45) is 0. The van der Waals surface area contributed by atoms with E-state index in [4.69, 9.17) is 9.84 Å². The topological polar surface area (TPSA) is 193 Å². The predicted molar refractivity (Wildman–Crippen MR) is 208 cm³/mol. The number of carbonyl (C=O) groups is 6. The van der Waals surface area contributed by atoms with Crippen LogP contribution in [0.5, 0.6) is 11.5 Å². The van der Waals surface area contributed by atoms with Crippen LogP contribution in [0.3, 0.4) is 0 Å². The van der Waals surface area contributed by atoms with Crippen molar-refractivity contribution in [1.29, 1.82) is 0 Å². The average molecular weight is 769 g/mol. The van der Waals surface area contributed by atoms with Crippen LogP contribution in [0.1, 0.15) is 62.1 Å². The van der Waals surface area contributed by atoms with Crippen LogP contribution in [-0.2, 0) is 0 Å². The molecule has 58 heavy (non-hydrogen) atoms. The number of benzene rings is 6. The number of carbonyl (C=O) groups excluding carboxylic acids is 4. The van der Waals surface area contributed by atoms with Gasteiger partial charge in [0.05, 0.1) is 61.5 Å². The summed E-state index contributed by atoms with van der Waals surface area (Å²) in [6.45, 7) is 0. The number of hydrogen-bond acceptors (Lipinski definition) is 9. The first-order valence-corrected chi connectivity index (χ1v) is 17.5. The van der Waals surface area contributed by atoms with Gasteiger partial charge in [-0.25, -0.2) is 19.4 Å². The van der Waals surface area contributed by atoms with E-state index in [0.717, 1.165) is 9.80 Å². The maximum Gasteiger partial charge on any atom is 0.335 e. The Morgan fingerprint density at radius 3 is 1.41 bits per heavy atom. The lowest BCUT2D eigenvalue weighted by Crippen LogP contribution is -2.29. The molecule has 14 nitrogen and oxygen atoms in total. The minimum atomic E-state index is -1.22. The van der Waals surface area contributed by atoms with Gasteiger partial charge in [0.1, 0.15) is 11.5 Å². The van der Waals surface area contributed by atoms with Crippen LogP contribution in [-0.4, -0.2) is 55.6 Å². The zero-order chi connectivity index (χ0) is 40.4. The number of amides is 4. The Hall–Kier alpha value is -8.52. The Morgan fingerprint density at radius 2 is 0.914 bits per heavy atom. The van der Waals surface area contributed by atoms with Gasteiger partial charge >= 0.3 is 11.9 Å². The van der Waals surface area contributed by atoms with Gasteiger partial charge in [-0.1, -0.05) is 18.2 Å². The van der Waals surface area contributed by atoms with E-state index >= 15 is 0 Å². The quantitative estimate of drug-likeness (QED) is 0.154. The van der Waals surface area contributed by atoms with E-state index in [1.165, 1.54) is 53.2 Å². The number of ether oxygens (including phenoxy) is 1. The molecular formula is C44H24N4O10. The predicted octanol–water partition coefficient (Wildman–Crippen LogP) is 6.84. The van der Waals surface area contributed by atoms with Crippen LogP contribution in [0.4, 0.5) is 11.4 Å². The van der Waals surface area contributed by atoms with Gasteiger partial charge < -0.3 is 14.9 Å². The maximum atomic E-state index is 13.7. The summed E-state index contributed by atoms with van der Waals surface area (Å²) >= 11 is 0. The summed E-state index contributed by atoms with van der Waals surface area (Å²) in [5.41, 5.74) is 1.61. The molecule has 0 unspecified atom stereocenters. The SMILES string of the molecule is O=C(O)c1ccc2c(c1)C(=O)N(c1ccc(Oc3ccc(-c4nn(-c5ccc(N6C(=O)c7ccc(C(=O)O)cc7C6=O)cc5)c(=O)c5ccccc45)cc3)cc1)C2=O. The first-order chi connectivity index (χ1) is 28.0. The second kappa shape index (κ2) is 13.3. The molecule has 4 amide bonds. The number of aromatic nitrogens is 2. The highest BCUT2D eigenvalue weighted by Gasteiger charge is 2.38. The Morgan fingerprint density at radius 1 is 0.483 bits per heavy atom. The van der Waals surface area contributed by atoms with E-state index in [2.05, 4.69) is 0 Å². The third-order valence-electron chi connectivity index (χ3n) is 9.88. The summed E-state index contributed by atoms with van der Waals surface area (Å²) in [6, 6.07) is 34.0. The fourth-order valence-corrected chi connectivity index (χ4v) is 7.02. The van der Waals surface area contributed by atoms with Crippen LogP contribution in [0, 0.1) is 0 Å². The molecule has 0 spiro atoms. The fraction of sp³-hybridized carbons (Fsp3) is 0. The first-order valence-electron chi connectivity index (χ1n) is 17.5. The minimum Gasteiger partial charge on any atom is -0.478 e. The minimum absolute atomic E-state index is 0.0138. The molecule has 0 radical (unpaired) electrons. The van der Waals surface area contributed by atoms with E-state index in [0.29, 0.717) is 39.2 Å². The van der Waals surface area contributed by atoms with Crippen molar-refractivity contribution in [3.05, 3.63) is 177 Å². The van der Waals surface area contributed by atoms with Crippen molar-refractivity contribution in [3.8, 4) is 28.4 Å². The number of carboxylic acid groups (broad SMARTS) is 2. The van der Waals surface area contributed by atoms with Crippen LogP contribution in [0.25, 0.3) is 27.7 Å². The van der Waals surface area contributed by atoms with Crippen molar-refractivity contribution in [2.45, 2.75) is 0 Å². The highest BCUT2D eigenvalue weighted by molar-refractivity contribution is 6.35. The number of rotatable bonds is 8. The molecule has 2 N–H and O–H groups in total. The number of hydrogen-bond donors (Lipinski definition) is 2. The molecule has 2 aliphatic rings. The number of fused-ring (bicyclic) bond motifs is 3. The molecule has 280 valence electrons. The molecule has 9 rings (SSSR count). The number of anilines is 2. The zero-order valence-electron chi connectivity index (χ0n) is 29.7. The summed E-state index contributed by atoms with van der Waals surface area (Å²) in [5, 5.41) is 24.4. The van der Waals surface area contributed by atoms with Crippen LogP contribution < -0.4 is 20.1 Å². The van der Waals surface area contributed by atoms with Crippen molar-refractivity contribution in [3.63, 3.8) is 0 Å². The summed E-state index contributed by atoms with van der Waals surface area (Å²) in [4.78, 5) is 91.0. The molecule has 0 atom stereocenters. The molecular weight excluding hydrogens is 745 g/mol. The third kappa shape index (κ3) is 5.67. The highest BCUT2D eigenvalue weighted by Crippen LogP contribution is 2.34. The molecule has 14 heteroatoms. The number of nitrogens with zero attached hydrogens (tertiary/aromatic N) is 4. The molecule has 0 aliphatic carbocycles. The van der Waals surface area contributed by atoms with Gasteiger partial charge in [-0.3, -0.25) is 24.0 Å². The lowest BCUT2D eigenvalue weighted by molar-refractivity contribution is 0.0686. The maximum absolute atomic E-state index is 13.7. The van der Waals surface area contributed by atoms with Gasteiger partial charge in [0.2, 0.25) is 0 Å². The van der Waals surface area contributed by atoms with Crippen LogP contribution in [0.2, 0.25) is 0 Å². The van der Waals surface area contributed by atoms with E-state index in [1.54, 1.807) is 84.9 Å². The van der Waals surface area contributed by atoms with E-state index in [1.807, 2.05) is 0 Å². The summed E-state index contributed by atoms with van der Waals surface area (Å²) in [7, 11) is 0. The monoisotopic (exact) mass is 768 g/mol. The van der Waals surface area contributed by atoms with Gasteiger partial charge in [0, 0.05) is 10.9 Å². The van der Waals surface area contributed by atoms with E-state index < -0.39 is 41.1 Å². The number of carboxylic acids is 2. The Kier molecular flexibility index (Phi) is 8.10. The first kappa shape index (κ1) is 35.2. The second-order valence-corrected chi connectivity index (χ2v) is 13.3. The molecule has 1 aromatic heterocycles. The molecule has 0 saturated carbocycles. The standard InChI is InChI=1S/C44H24N4O10/c49-38-33-19-7-24(43(54)55)21-35(33)40(51)46(38)26-9-11-28(12-10-26)48-42(53)32-4-2-1-3-31(32)37(45-48)23-5-15-29(16-6-23)58-30-17-13-27(14-18-30)47-39(50)34-20-8-25(44(56)57)22-36(34)41(47)52/h1-22H,(H,54,55)(H,56,57). The van der Waals surface area contributed by atoms with Crippen LogP contribution in [0.15, 0.2) is 138 Å². The van der Waals surface area contributed by atoms with E-state index in [9.17, 15) is 43.8 Å². The van der Waals surface area contributed by atoms with Gasteiger partial charge in [0.15, 0.2) is 0 Å². The zero-order valence-corrected chi connectivity index (χ0v) is 29.7. The van der Waals surface area contributed by atoms with Crippen LogP contribution >= 0.6 is 0 Å². The van der Waals surface area contributed by atoms with Crippen molar-refractivity contribution in [2.24, 2.45) is 0 Å². The van der Waals surface area contributed by atoms with Crippen molar-refractivity contribution < 1.29 is 43.7 Å². The second-order valence-electron chi connectivity index (χ2n) is 13.3. The number of aromatic carboxylic acids is 2. The lowest BCUT2D eigenvalue weighted by atomic mass is 10.0. The Balaban J connectivity index is 0.960. The molecule has 0 saturated heterocycles. The summed E-state index contributed by atoms with van der Waals surface area (Å²) in [5.74, 6) is -4.02.